The van der Waals surface area contributed by atoms with E-state index in [4.69, 9.17) is 0 Å². The van der Waals surface area contributed by atoms with Crippen LogP contribution in [0.4, 0.5) is 11.4 Å². The van der Waals surface area contributed by atoms with Crippen LogP contribution in [-0.2, 0) is 17.8 Å². The van der Waals surface area contributed by atoms with Crippen LogP contribution >= 0.6 is 0 Å². The summed E-state index contributed by atoms with van der Waals surface area (Å²) in [5, 5.41) is 3.41. The summed E-state index contributed by atoms with van der Waals surface area (Å²) < 4.78 is 0. The number of carbonyl (C=O) groups excluding carboxylic acids is 1. The molecule has 1 aliphatic heterocycles. The number of hydrogen-bond acceptors (Lipinski definition) is 3. The van der Waals surface area contributed by atoms with Crippen LogP contribution < -0.4 is 10.2 Å². The molecular weight excluding hydrogens is 262 g/mol. The summed E-state index contributed by atoms with van der Waals surface area (Å²) in [4.78, 5) is 17.7. The van der Waals surface area contributed by atoms with Crippen molar-refractivity contribution in [3.8, 4) is 0 Å². The number of carbonyl (C=O) groups is 1. The number of hydrogen-bond donors (Lipinski definition) is 1. The van der Waals surface area contributed by atoms with Gasteiger partial charge in [-0.3, -0.25) is 9.78 Å². The van der Waals surface area contributed by atoms with E-state index in [9.17, 15) is 4.79 Å². The van der Waals surface area contributed by atoms with Crippen molar-refractivity contribution in [3.63, 3.8) is 0 Å². The van der Waals surface area contributed by atoms with Gasteiger partial charge in [-0.25, -0.2) is 0 Å². The maximum Gasteiger partial charge on any atom is 0.223 e. The highest BCUT2D eigenvalue weighted by molar-refractivity contribution is 5.94. The second-order valence-corrected chi connectivity index (χ2v) is 5.43. The molecule has 2 aromatic rings. The smallest absolute Gasteiger partial charge is 0.223 e. The molecule has 2 heterocycles. The molecule has 21 heavy (non-hydrogen) atoms. The maximum absolute atomic E-state index is 11.5. The van der Waals surface area contributed by atoms with E-state index in [1.807, 2.05) is 36.2 Å². The zero-order chi connectivity index (χ0) is 14.8. The summed E-state index contributed by atoms with van der Waals surface area (Å²) in [6.07, 6.45) is 2.82. The lowest BCUT2D eigenvalue weighted by atomic mass is 10.1. The largest absolute Gasteiger partial charge is 0.381 e. The molecule has 4 heteroatoms. The molecule has 0 unspecified atom stereocenters. The predicted octanol–water partition coefficient (Wildman–Crippen LogP) is 2.91. The zero-order valence-corrected chi connectivity index (χ0v) is 12.4. The summed E-state index contributed by atoms with van der Waals surface area (Å²) in [6.45, 7) is 5.14. The third kappa shape index (κ3) is 2.89. The van der Waals surface area contributed by atoms with Crippen molar-refractivity contribution in [1.29, 1.82) is 0 Å². The van der Waals surface area contributed by atoms with Crippen LogP contribution in [0.2, 0.25) is 0 Å². The van der Waals surface area contributed by atoms with Crippen molar-refractivity contribution < 1.29 is 4.79 Å². The molecule has 0 saturated carbocycles. The van der Waals surface area contributed by atoms with Crippen LogP contribution in [0.3, 0.4) is 0 Å². The monoisotopic (exact) mass is 281 g/mol. The van der Waals surface area contributed by atoms with E-state index >= 15 is 0 Å². The van der Waals surface area contributed by atoms with Crippen LogP contribution in [0.1, 0.15) is 23.7 Å². The molecule has 1 N–H and O–H groups in total. The molecule has 0 saturated heterocycles. The molecule has 0 spiro atoms. The summed E-state index contributed by atoms with van der Waals surface area (Å²) in [6, 6.07) is 10.3. The lowest BCUT2D eigenvalue weighted by molar-refractivity contribution is -0.116. The Balaban J connectivity index is 1.70. The van der Waals surface area contributed by atoms with Gasteiger partial charge in [0.25, 0.3) is 0 Å². The fraction of sp³-hybridized carbons (Fsp3) is 0.294. The van der Waals surface area contributed by atoms with E-state index in [-0.39, 0.29) is 5.91 Å². The van der Waals surface area contributed by atoms with Crippen molar-refractivity contribution in [3.05, 3.63) is 53.3 Å². The summed E-state index contributed by atoms with van der Waals surface area (Å²) in [7, 11) is 0. The Bertz CT molecular complexity index is 664. The van der Waals surface area contributed by atoms with Crippen LogP contribution in [0.5, 0.6) is 0 Å². The first-order valence-electron chi connectivity index (χ1n) is 7.20. The lowest BCUT2D eigenvalue weighted by Gasteiger charge is -2.15. The van der Waals surface area contributed by atoms with Gasteiger partial charge in [0.05, 0.1) is 0 Å². The fourth-order valence-electron chi connectivity index (χ4n) is 2.65. The highest BCUT2D eigenvalue weighted by atomic mass is 16.2. The molecule has 0 aliphatic carbocycles. The highest BCUT2D eigenvalue weighted by Crippen LogP contribution is 2.30. The molecule has 0 atom stereocenters. The van der Waals surface area contributed by atoms with E-state index in [0.717, 1.165) is 42.1 Å². The second kappa shape index (κ2) is 5.56. The Morgan fingerprint density at radius 3 is 2.90 bits per heavy atom. The fourth-order valence-corrected chi connectivity index (χ4v) is 2.65. The van der Waals surface area contributed by atoms with E-state index in [1.54, 1.807) is 6.92 Å². The molecule has 4 nitrogen and oxygen atoms in total. The first-order valence-corrected chi connectivity index (χ1v) is 7.20. The molecule has 108 valence electrons. The number of fused-ring (bicyclic) bond motifs is 1. The number of anilines is 2. The van der Waals surface area contributed by atoms with Gasteiger partial charge >= 0.3 is 0 Å². The Morgan fingerprint density at radius 2 is 2.19 bits per heavy atom. The van der Waals surface area contributed by atoms with E-state index < -0.39 is 0 Å². The first-order chi connectivity index (χ1) is 10.1. The summed E-state index contributed by atoms with van der Waals surface area (Å²) in [5.41, 5.74) is 5.55. The van der Waals surface area contributed by atoms with Crippen molar-refractivity contribution in [2.24, 2.45) is 0 Å². The standard InChI is InChI=1S/C17H19N3O/c1-12-3-4-14(10-18-12)11-19-16-5-6-17-15(9-16)7-8-20(17)13(2)21/h3-6,9-10,19H,7-8,11H2,1-2H3. The Kier molecular flexibility index (Phi) is 3.60. The Hall–Kier alpha value is -2.36. The normalized spacial score (nSPS) is 13.1. The number of benzene rings is 1. The van der Waals surface area contributed by atoms with Crippen molar-refractivity contribution in [2.75, 3.05) is 16.8 Å². The molecule has 3 rings (SSSR count). The maximum atomic E-state index is 11.5. The van der Waals surface area contributed by atoms with Gasteiger partial charge in [-0.05, 0) is 48.7 Å². The second-order valence-electron chi connectivity index (χ2n) is 5.43. The number of aromatic nitrogens is 1. The molecule has 1 amide bonds. The lowest BCUT2D eigenvalue weighted by Crippen LogP contribution is -2.25. The summed E-state index contributed by atoms with van der Waals surface area (Å²) in [5.74, 6) is 0.111. The molecule has 0 radical (unpaired) electrons. The predicted molar refractivity (Wildman–Crippen MR) is 84.5 cm³/mol. The van der Waals surface area contributed by atoms with Crippen LogP contribution in [0.25, 0.3) is 0 Å². The van der Waals surface area contributed by atoms with Crippen LogP contribution in [0.15, 0.2) is 36.5 Å². The number of pyridine rings is 1. The number of aryl methyl sites for hydroxylation is 1. The van der Waals surface area contributed by atoms with Crippen molar-refractivity contribution in [2.45, 2.75) is 26.8 Å². The third-order valence-electron chi connectivity index (χ3n) is 3.82. The van der Waals surface area contributed by atoms with Crippen molar-refractivity contribution >= 4 is 17.3 Å². The van der Waals surface area contributed by atoms with Crippen LogP contribution in [0, 0.1) is 6.92 Å². The first kappa shape index (κ1) is 13.6. The molecule has 1 aromatic carbocycles. The quantitative estimate of drug-likeness (QED) is 0.941. The molecule has 0 bridgehead atoms. The van der Waals surface area contributed by atoms with Gasteiger partial charge in [0.1, 0.15) is 0 Å². The van der Waals surface area contributed by atoms with Crippen LogP contribution in [-0.4, -0.2) is 17.4 Å². The van der Waals surface area contributed by atoms with E-state index in [1.165, 1.54) is 5.56 Å². The van der Waals surface area contributed by atoms with Gasteiger partial charge in [-0.15, -0.1) is 0 Å². The zero-order valence-electron chi connectivity index (χ0n) is 12.4. The number of nitrogens with zero attached hydrogens (tertiary/aromatic N) is 2. The average molecular weight is 281 g/mol. The topological polar surface area (TPSA) is 45.2 Å². The van der Waals surface area contributed by atoms with Gasteiger partial charge in [-0.1, -0.05) is 6.07 Å². The Labute approximate surface area is 124 Å². The van der Waals surface area contributed by atoms with Crippen molar-refractivity contribution in [1.82, 2.24) is 4.98 Å². The molecule has 1 aliphatic rings. The Morgan fingerprint density at radius 1 is 1.33 bits per heavy atom. The van der Waals surface area contributed by atoms with Gasteiger partial charge in [0.15, 0.2) is 0 Å². The molecule has 1 aromatic heterocycles. The molecular formula is C17H19N3O. The number of nitrogens with one attached hydrogen (secondary N) is 1. The van der Waals surface area contributed by atoms with Gasteiger partial charge in [-0.2, -0.15) is 0 Å². The number of amides is 1. The third-order valence-corrected chi connectivity index (χ3v) is 3.82. The minimum atomic E-state index is 0.111. The molecule has 0 fully saturated rings. The van der Waals surface area contributed by atoms with E-state index in [0.29, 0.717) is 0 Å². The van der Waals surface area contributed by atoms with Gasteiger partial charge in [0.2, 0.25) is 5.91 Å². The van der Waals surface area contributed by atoms with Gasteiger partial charge < -0.3 is 10.2 Å². The summed E-state index contributed by atoms with van der Waals surface area (Å²) >= 11 is 0. The minimum Gasteiger partial charge on any atom is -0.381 e. The van der Waals surface area contributed by atoms with E-state index in [2.05, 4.69) is 22.4 Å². The number of rotatable bonds is 3. The minimum absolute atomic E-state index is 0.111. The SMILES string of the molecule is CC(=O)N1CCc2cc(NCc3ccc(C)nc3)ccc21. The average Bonchev–Trinajstić information content (AvgIpc) is 2.90. The highest BCUT2D eigenvalue weighted by Gasteiger charge is 2.21. The van der Waals surface area contributed by atoms with Gasteiger partial charge in [0, 0.05) is 43.3 Å².